The van der Waals surface area contributed by atoms with Crippen molar-refractivity contribution in [1.29, 1.82) is 0 Å². The lowest BCUT2D eigenvalue weighted by Crippen LogP contribution is -3.00. The van der Waals surface area contributed by atoms with Gasteiger partial charge in [-0.15, -0.1) is 4.37 Å². The fourth-order valence-corrected chi connectivity index (χ4v) is 2.98. The average Bonchev–Trinajstić information content (AvgIpc) is 2.48. The zero-order valence-electron chi connectivity index (χ0n) is 6.51. The molecular weight excluding hydrogens is 255 g/mol. The van der Waals surface area contributed by atoms with E-state index in [9.17, 15) is 13.2 Å². The molecule has 1 heterocycles. The first-order valence-electron chi connectivity index (χ1n) is 3.34. The molecule has 2 aromatic rings. The number of halogens is 4. The molecule has 1 aromatic heterocycles. The molecule has 0 aliphatic rings. The number of hydrogen-bond acceptors (Lipinski definition) is 2. The van der Waals surface area contributed by atoms with Crippen LogP contribution in [0.3, 0.4) is 0 Å². The number of fused-ring (bicyclic) bond motifs is 1. The Bertz CT molecular complexity index is 440. The molecule has 0 atom stereocenters. The minimum absolute atomic E-state index is 0. The molecule has 0 saturated carbocycles. The maximum absolute atomic E-state index is 12.4. The maximum Gasteiger partial charge on any atom is 0.421 e. The molecule has 0 radical (unpaired) electrons. The molecule has 7 heteroatoms. The summed E-state index contributed by atoms with van der Waals surface area (Å²) in [6.45, 7) is 0. The Hall–Kier alpha value is -0.460. The second-order valence-electron chi connectivity index (χ2n) is 2.40. The first-order chi connectivity index (χ1) is 6.09. The highest BCUT2D eigenvalue weighted by Crippen LogP contribution is 2.37. The Kier molecular flexibility index (Phi) is 3.28. The minimum atomic E-state index is -4.28. The van der Waals surface area contributed by atoms with Crippen molar-refractivity contribution < 1.29 is 25.6 Å². The van der Waals surface area contributed by atoms with Gasteiger partial charge < -0.3 is 12.4 Å². The summed E-state index contributed by atoms with van der Waals surface area (Å²) >= 11 is 0. The van der Waals surface area contributed by atoms with E-state index in [1.54, 1.807) is 6.07 Å². The summed E-state index contributed by atoms with van der Waals surface area (Å²) in [5.41, 5.74) is -0.173. The van der Waals surface area contributed by atoms with E-state index in [-0.39, 0.29) is 17.1 Å². The zero-order valence-corrected chi connectivity index (χ0v) is 8.90. The molecule has 0 bridgehead atoms. The van der Waals surface area contributed by atoms with E-state index in [0.29, 0.717) is 5.52 Å². The van der Waals surface area contributed by atoms with Gasteiger partial charge in [-0.1, -0.05) is 6.07 Å². The van der Waals surface area contributed by atoms with Gasteiger partial charge in [0.05, 0.1) is 0 Å². The Morgan fingerprint density at radius 2 is 2.00 bits per heavy atom. The van der Waals surface area contributed by atoms with Crippen LogP contribution >= 0.6 is 20.9 Å². The van der Waals surface area contributed by atoms with Crippen molar-refractivity contribution in [2.75, 3.05) is 0 Å². The lowest BCUT2D eigenvalue weighted by atomic mass is 10.2. The van der Waals surface area contributed by atoms with Crippen molar-refractivity contribution >= 4 is 31.1 Å². The highest BCUT2D eigenvalue weighted by molar-refractivity contribution is 7.69. The normalized spacial score (nSPS) is 11.4. The summed E-state index contributed by atoms with van der Waals surface area (Å²) in [7, 11) is 2.13. The molecular formula is C7H3ClF3NS2. The smallest absolute Gasteiger partial charge is 0.421 e. The van der Waals surface area contributed by atoms with E-state index in [0.717, 1.165) is 26.9 Å². The number of nitrogens with zero attached hydrogens (tertiary/aromatic N) is 1. The first kappa shape index (κ1) is 11.6. The first-order valence-corrected chi connectivity index (χ1v) is 5.44. The van der Waals surface area contributed by atoms with E-state index in [2.05, 4.69) is 4.37 Å². The largest absolute Gasteiger partial charge is 1.00 e. The topological polar surface area (TPSA) is 12.9 Å². The van der Waals surface area contributed by atoms with Crippen LogP contribution < -0.4 is 12.4 Å². The fraction of sp³-hybridized carbons (Fsp3) is 0.143. The molecule has 0 aliphatic carbocycles. The SMILES string of the molecule is FC(F)(F)c1cccc2ns[s+]c12.[Cl-]. The second kappa shape index (κ2) is 3.96. The van der Waals surface area contributed by atoms with E-state index < -0.39 is 11.7 Å². The molecule has 14 heavy (non-hydrogen) atoms. The lowest BCUT2D eigenvalue weighted by Gasteiger charge is -2.02. The van der Waals surface area contributed by atoms with Crippen molar-refractivity contribution in [2.45, 2.75) is 6.18 Å². The van der Waals surface area contributed by atoms with Crippen LogP contribution in [0.25, 0.3) is 10.2 Å². The van der Waals surface area contributed by atoms with E-state index >= 15 is 0 Å². The van der Waals surface area contributed by atoms with Crippen molar-refractivity contribution in [1.82, 2.24) is 4.37 Å². The van der Waals surface area contributed by atoms with Crippen LogP contribution in [0, 0.1) is 0 Å². The summed E-state index contributed by atoms with van der Waals surface area (Å²) in [5.74, 6) is 0. The van der Waals surface area contributed by atoms with Crippen LogP contribution in [0.15, 0.2) is 18.2 Å². The third-order valence-corrected chi connectivity index (χ3v) is 3.44. The quantitative estimate of drug-likeness (QED) is 0.499. The van der Waals surface area contributed by atoms with Gasteiger partial charge in [0.2, 0.25) is 0 Å². The second-order valence-corrected chi connectivity index (χ2v) is 4.25. The molecule has 2 rings (SSSR count). The number of benzene rings is 1. The van der Waals surface area contributed by atoms with E-state index in [4.69, 9.17) is 0 Å². The predicted octanol–water partition coefficient (Wildman–Crippen LogP) is 0.662. The van der Waals surface area contributed by atoms with Gasteiger partial charge >= 0.3 is 16.5 Å². The summed E-state index contributed by atoms with van der Waals surface area (Å²) in [6, 6.07) is 4.03. The Balaban J connectivity index is 0.000000980. The van der Waals surface area contributed by atoms with Gasteiger partial charge in [0.25, 0.3) is 15.2 Å². The minimum Gasteiger partial charge on any atom is -1.00 e. The lowest BCUT2D eigenvalue weighted by molar-refractivity contribution is -0.136. The molecule has 0 aliphatic heterocycles. The van der Waals surface area contributed by atoms with Gasteiger partial charge in [-0.2, -0.15) is 13.2 Å². The highest BCUT2D eigenvalue weighted by atomic mass is 35.5. The van der Waals surface area contributed by atoms with Crippen molar-refractivity contribution in [3.8, 4) is 0 Å². The molecule has 1 aromatic carbocycles. The molecule has 1 nitrogen and oxygen atoms in total. The van der Waals surface area contributed by atoms with Crippen molar-refractivity contribution in [3.05, 3.63) is 23.8 Å². The Labute approximate surface area is 91.2 Å². The predicted molar refractivity (Wildman–Crippen MR) is 46.9 cm³/mol. The summed E-state index contributed by atoms with van der Waals surface area (Å²) in [5, 5.41) is 0. The van der Waals surface area contributed by atoms with Gasteiger partial charge in [0.15, 0.2) is 0 Å². The van der Waals surface area contributed by atoms with Crippen LogP contribution in [0.1, 0.15) is 5.56 Å². The van der Waals surface area contributed by atoms with Crippen LogP contribution in [-0.2, 0) is 6.18 Å². The number of aromatic nitrogens is 1. The van der Waals surface area contributed by atoms with Crippen LogP contribution in [0.4, 0.5) is 13.2 Å². The Morgan fingerprint density at radius 3 is 2.64 bits per heavy atom. The van der Waals surface area contributed by atoms with Gasteiger partial charge in [-0.3, -0.25) is 0 Å². The zero-order chi connectivity index (χ0) is 9.47. The fourth-order valence-electron chi connectivity index (χ4n) is 1.00. The molecule has 76 valence electrons. The van der Waals surface area contributed by atoms with Crippen molar-refractivity contribution in [2.24, 2.45) is 0 Å². The molecule has 0 spiro atoms. The van der Waals surface area contributed by atoms with Crippen molar-refractivity contribution in [3.63, 3.8) is 0 Å². The van der Waals surface area contributed by atoms with Gasteiger partial charge in [0.1, 0.15) is 11.1 Å². The molecule has 0 amide bonds. The van der Waals surface area contributed by atoms with Gasteiger partial charge in [0, 0.05) is 0 Å². The van der Waals surface area contributed by atoms with Crippen LogP contribution in [0.2, 0.25) is 0 Å². The molecule has 0 fully saturated rings. The third kappa shape index (κ3) is 1.97. The van der Waals surface area contributed by atoms with Crippen LogP contribution in [-0.4, -0.2) is 4.37 Å². The Morgan fingerprint density at radius 1 is 1.29 bits per heavy atom. The maximum atomic E-state index is 12.4. The number of alkyl halides is 3. The molecule has 0 saturated heterocycles. The number of hydrogen-bond donors (Lipinski definition) is 0. The third-order valence-electron chi connectivity index (χ3n) is 1.56. The molecule has 0 N–H and O–H groups in total. The number of rotatable bonds is 0. The average molecular weight is 258 g/mol. The summed E-state index contributed by atoms with van der Waals surface area (Å²) < 4.78 is 41.2. The summed E-state index contributed by atoms with van der Waals surface area (Å²) in [6.07, 6.45) is -4.28. The standard InChI is InChI=1S/C7H3F3NS2.ClH/c8-7(9,10)4-2-1-3-5-6(4)12-13-11-5;/h1-3H;1H/q+1;/p-1. The molecule has 0 unspecified atom stereocenters. The summed E-state index contributed by atoms with van der Waals surface area (Å²) in [4.78, 5) is 0. The van der Waals surface area contributed by atoms with Crippen LogP contribution in [0.5, 0.6) is 0 Å². The monoisotopic (exact) mass is 257 g/mol. The van der Waals surface area contributed by atoms with Gasteiger partial charge in [-0.25, -0.2) is 0 Å². The van der Waals surface area contributed by atoms with E-state index in [1.165, 1.54) is 6.07 Å². The van der Waals surface area contributed by atoms with Gasteiger partial charge in [-0.05, 0) is 12.1 Å². The van der Waals surface area contributed by atoms with E-state index in [1.807, 2.05) is 0 Å². The highest BCUT2D eigenvalue weighted by Gasteiger charge is 2.37.